The Bertz CT molecular complexity index is 874. The molecule has 146 valence electrons. The van der Waals surface area contributed by atoms with Crippen LogP contribution in [0.4, 0.5) is 0 Å². The minimum absolute atomic E-state index is 0.231. The number of likely N-dealkylation sites (tertiary alicyclic amines) is 1. The molecular weight excluding hydrogens is 350 g/mol. The van der Waals surface area contributed by atoms with Gasteiger partial charge in [-0.25, -0.2) is 0 Å². The van der Waals surface area contributed by atoms with Crippen LogP contribution in [0.5, 0.6) is 0 Å². The van der Waals surface area contributed by atoms with Crippen molar-refractivity contribution < 1.29 is 9.59 Å². The van der Waals surface area contributed by atoms with Crippen molar-refractivity contribution in [2.45, 2.75) is 44.4 Å². The fourth-order valence-electron chi connectivity index (χ4n) is 4.52. The number of carbonyl (C=O) groups is 2. The van der Waals surface area contributed by atoms with Crippen LogP contribution in [0, 0.1) is 5.92 Å². The van der Waals surface area contributed by atoms with E-state index in [1.165, 1.54) is 12.8 Å². The fourth-order valence-corrected chi connectivity index (χ4v) is 4.52. The Kier molecular flexibility index (Phi) is 5.42. The van der Waals surface area contributed by atoms with Crippen LogP contribution in [0.25, 0.3) is 11.3 Å². The van der Waals surface area contributed by atoms with E-state index in [1.54, 1.807) is 12.1 Å². The smallest absolute Gasteiger partial charge is 0.248 e. The van der Waals surface area contributed by atoms with Crippen molar-refractivity contribution in [3.8, 4) is 11.3 Å². The molecule has 2 N–H and O–H groups in total. The highest BCUT2D eigenvalue weighted by Gasteiger charge is 2.31. The van der Waals surface area contributed by atoms with Gasteiger partial charge in [0.25, 0.3) is 0 Å². The molecule has 5 nitrogen and oxygen atoms in total. The molecule has 1 saturated carbocycles. The Labute approximate surface area is 165 Å². The molecular formula is C23H27N3O2. The second kappa shape index (κ2) is 8.13. The summed E-state index contributed by atoms with van der Waals surface area (Å²) in [5.41, 5.74) is 8.62. The largest absolute Gasteiger partial charge is 0.366 e. The van der Waals surface area contributed by atoms with E-state index in [9.17, 15) is 9.59 Å². The van der Waals surface area contributed by atoms with Crippen LogP contribution in [0.1, 0.15) is 60.5 Å². The Hall–Kier alpha value is -2.69. The molecule has 2 amide bonds. The van der Waals surface area contributed by atoms with Crippen LogP contribution in [0.2, 0.25) is 0 Å². The van der Waals surface area contributed by atoms with Crippen LogP contribution in [0.15, 0.2) is 42.5 Å². The number of nitrogens with two attached hydrogens (primary N) is 1. The molecule has 1 atom stereocenters. The van der Waals surface area contributed by atoms with E-state index < -0.39 is 5.91 Å². The summed E-state index contributed by atoms with van der Waals surface area (Å²) in [6.07, 6.45) is 6.52. The van der Waals surface area contributed by atoms with Gasteiger partial charge >= 0.3 is 0 Å². The Morgan fingerprint density at radius 2 is 1.79 bits per heavy atom. The second-order valence-corrected chi connectivity index (χ2v) is 8.00. The summed E-state index contributed by atoms with van der Waals surface area (Å²) >= 11 is 0. The number of rotatable bonds is 4. The topological polar surface area (TPSA) is 76.3 Å². The number of piperidine rings is 1. The molecule has 1 aromatic heterocycles. The first-order valence-electron chi connectivity index (χ1n) is 10.3. The molecule has 2 heterocycles. The van der Waals surface area contributed by atoms with Crippen LogP contribution >= 0.6 is 0 Å². The zero-order valence-electron chi connectivity index (χ0n) is 16.1. The lowest BCUT2D eigenvalue weighted by Crippen LogP contribution is -2.42. The van der Waals surface area contributed by atoms with Crippen molar-refractivity contribution in [3.63, 3.8) is 0 Å². The molecule has 0 radical (unpaired) electrons. The first-order chi connectivity index (χ1) is 13.6. The monoisotopic (exact) mass is 377 g/mol. The molecule has 5 heteroatoms. The molecule has 28 heavy (non-hydrogen) atoms. The summed E-state index contributed by atoms with van der Waals surface area (Å²) < 4.78 is 0. The number of pyridine rings is 1. The van der Waals surface area contributed by atoms with Crippen molar-refractivity contribution in [1.29, 1.82) is 0 Å². The van der Waals surface area contributed by atoms with Crippen molar-refractivity contribution in [2.75, 3.05) is 13.1 Å². The van der Waals surface area contributed by atoms with E-state index in [0.717, 1.165) is 55.7 Å². The molecule has 0 bridgehead atoms. The Balaban J connectivity index is 1.53. The van der Waals surface area contributed by atoms with E-state index in [-0.39, 0.29) is 11.8 Å². The number of aromatic nitrogens is 1. The third kappa shape index (κ3) is 3.93. The summed E-state index contributed by atoms with van der Waals surface area (Å²) in [7, 11) is 0. The second-order valence-electron chi connectivity index (χ2n) is 8.00. The van der Waals surface area contributed by atoms with E-state index in [1.807, 2.05) is 24.3 Å². The van der Waals surface area contributed by atoms with Gasteiger partial charge in [0.1, 0.15) is 0 Å². The standard InChI is InChI=1S/C23H27N3O2/c24-22(27)18-9-3-8-17(14-18)20-11-4-12-21(25-20)19-10-5-13-26(15-19)23(28)16-6-1-2-7-16/h3-4,8-9,11-12,14,16,19H,1-2,5-7,10,13,15H2,(H2,24,27)/t19-/m1/s1. The van der Waals surface area contributed by atoms with Gasteiger partial charge in [-0.1, -0.05) is 31.0 Å². The molecule has 2 aliphatic rings. The maximum Gasteiger partial charge on any atom is 0.248 e. The lowest BCUT2D eigenvalue weighted by Gasteiger charge is -2.34. The molecule has 1 aromatic carbocycles. The molecule has 0 unspecified atom stereocenters. The van der Waals surface area contributed by atoms with Crippen LogP contribution in [0.3, 0.4) is 0 Å². The van der Waals surface area contributed by atoms with Crippen molar-refractivity contribution >= 4 is 11.8 Å². The Morgan fingerprint density at radius 3 is 2.57 bits per heavy atom. The zero-order valence-corrected chi connectivity index (χ0v) is 16.1. The van der Waals surface area contributed by atoms with Crippen molar-refractivity contribution in [2.24, 2.45) is 11.7 Å². The van der Waals surface area contributed by atoms with Gasteiger partial charge < -0.3 is 10.6 Å². The number of primary amides is 1. The number of benzene rings is 1. The number of nitrogens with zero attached hydrogens (tertiary/aromatic N) is 2. The first kappa shape index (κ1) is 18.7. The van der Waals surface area contributed by atoms with Gasteiger partial charge in [0, 0.05) is 41.7 Å². The van der Waals surface area contributed by atoms with Gasteiger partial charge in [-0.3, -0.25) is 14.6 Å². The molecule has 1 aliphatic carbocycles. The molecule has 1 saturated heterocycles. The molecule has 2 aromatic rings. The highest BCUT2D eigenvalue weighted by atomic mass is 16.2. The van der Waals surface area contributed by atoms with Gasteiger partial charge in [-0.05, 0) is 49.9 Å². The SMILES string of the molecule is NC(=O)c1cccc(-c2cccc([C@@H]3CCCN(C(=O)C4CCCC4)C3)n2)c1. The number of hydrogen-bond donors (Lipinski definition) is 1. The van der Waals surface area contributed by atoms with Crippen molar-refractivity contribution in [1.82, 2.24) is 9.88 Å². The van der Waals surface area contributed by atoms with Gasteiger partial charge in [0.2, 0.25) is 11.8 Å². The van der Waals surface area contributed by atoms with E-state index in [2.05, 4.69) is 11.0 Å². The van der Waals surface area contributed by atoms with Crippen LogP contribution in [-0.2, 0) is 4.79 Å². The number of carbonyl (C=O) groups excluding carboxylic acids is 2. The van der Waals surface area contributed by atoms with Gasteiger partial charge in [-0.15, -0.1) is 0 Å². The van der Waals surface area contributed by atoms with Crippen LogP contribution in [-0.4, -0.2) is 34.8 Å². The summed E-state index contributed by atoms with van der Waals surface area (Å²) in [6.45, 7) is 1.62. The van der Waals surface area contributed by atoms with Crippen molar-refractivity contribution in [3.05, 3.63) is 53.7 Å². The summed E-state index contributed by atoms with van der Waals surface area (Å²) in [6, 6.07) is 13.3. The van der Waals surface area contributed by atoms with E-state index in [4.69, 9.17) is 10.7 Å². The predicted octanol–water partition coefficient (Wildman–Crippen LogP) is 3.74. The quantitative estimate of drug-likeness (QED) is 0.882. The maximum absolute atomic E-state index is 12.8. The van der Waals surface area contributed by atoms with Crippen LogP contribution < -0.4 is 5.73 Å². The number of amides is 2. The minimum atomic E-state index is -0.439. The van der Waals surface area contributed by atoms with Gasteiger partial charge in [-0.2, -0.15) is 0 Å². The van der Waals surface area contributed by atoms with Gasteiger partial charge in [0.15, 0.2) is 0 Å². The molecule has 1 aliphatic heterocycles. The zero-order chi connectivity index (χ0) is 19.5. The van der Waals surface area contributed by atoms with E-state index >= 15 is 0 Å². The average Bonchev–Trinajstić information content (AvgIpc) is 3.28. The number of hydrogen-bond acceptors (Lipinski definition) is 3. The van der Waals surface area contributed by atoms with Gasteiger partial charge in [0.05, 0.1) is 5.69 Å². The highest BCUT2D eigenvalue weighted by molar-refractivity contribution is 5.94. The molecule has 2 fully saturated rings. The third-order valence-electron chi connectivity index (χ3n) is 6.07. The van der Waals surface area contributed by atoms with E-state index in [0.29, 0.717) is 11.5 Å². The predicted molar refractivity (Wildman–Crippen MR) is 109 cm³/mol. The summed E-state index contributed by atoms with van der Waals surface area (Å²) in [4.78, 5) is 31.2. The first-order valence-corrected chi connectivity index (χ1v) is 10.3. The third-order valence-corrected chi connectivity index (χ3v) is 6.07. The summed E-state index contributed by atoms with van der Waals surface area (Å²) in [5.74, 6) is 0.395. The Morgan fingerprint density at radius 1 is 1.00 bits per heavy atom. The maximum atomic E-state index is 12.8. The summed E-state index contributed by atoms with van der Waals surface area (Å²) in [5, 5.41) is 0. The molecule has 4 rings (SSSR count). The average molecular weight is 377 g/mol. The minimum Gasteiger partial charge on any atom is -0.366 e. The fraction of sp³-hybridized carbons (Fsp3) is 0.435. The molecule has 0 spiro atoms. The normalized spacial score (nSPS) is 20.3. The lowest BCUT2D eigenvalue weighted by atomic mass is 9.92. The highest BCUT2D eigenvalue weighted by Crippen LogP contribution is 2.32. The lowest BCUT2D eigenvalue weighted by molar-refractivity contribution is -0.136.